The molecule has 0 atom stereocenters. The molecule has 86 valence electrons. The van der Waals surface area contributed by atoms with Gasteiger partial charge >= 0.3 is 11.4 Å². The third-order valence-electron chi connectivity index (χ3n) is 1.86. The van der Waals surface area contributed by atoms with Crippen molar-refractivity contribution in [3.05, 3.63) is 36.5 Å². The first-order chi connectivity index (χ1) is 7.29. The minimum atomic E-state index is -0.584. The Morgan fingerprint density at radius 2 is 1.19 bits per heavy atom. The fraction of sp³-hybridized carbons (Fsp3) is 0.143. The van der Waals surface area contributed by atoms with E-state index in [2.05, 4.69) is 0 Å². The van der Waals surface area contributed by atoms with Crippen LogP contribution < -0.4 is 0 Å². The van der Waals surface area contributed by atoms with Crippen molar-refractivity contribution in [2.75, 3.05) is 0 Å². The van der Waals surface area contributed by atoms with Gasteiger partial charge in [0.2, 0.25) is 0 Å². The molecule has 1 aromatic rings. The Balaban J connectivity index is 3.80. The second-order valence-electron chi connectivity index (χ2n) is 2.78. The molecule has 16 heavy (non-hydrogen) atoms. The molecule has 0 bridgehead atoms. The summed E-state index contributed by atoms with van der Waals surface area (Å²) in [7, 11) is 0. The predicted molar refractivity (Wildman–Crippen MR) is 82.6 cm³/mol. The zero-order valence-corrected chi connectivity index (χ0v) is 14.1. The molecule has 0 saturated heterocycles. The minimum absolute atomic E-state index is 0.0759. The lowest BCUT2D eigenvalue weighted by atomic mass is 10.2. The molecule has 1 aromatic carbocycles. The Kier molecular flexibility index (Phi) is 4.67. The van der Waals surface area contributed by atoms with Gasteiger partial charge in [0.25, 0.3) is 0 Å². The third-order valence-corrected chi connectivity index (χ3v) is 5.52. The molecule has 0 aliphatic carbocycles. The molecule has 0 N–H and O–H groups in total. The Morgan fingerprint density at radius 1 is 0.875 bits per heavy atom. The smallest absolute Gasteiger partial charge is 0.258 e. The number of nitro benzene ring substituents is 2. The fourth-order valence-electron chi connectivity index (χ4n) is 1.08. The maximum absolute atomic E-state index is 10.9. The number of nitrogens with zero attached hydrogens (tertiary/aromatic N) is 2. The number of rotatable bonds is 2. The van der Waals surface area contributed by atoms with Gasteiger partial charge in [-0.2, -0.15) is 0 Å². The largest absolute Gasteiger partial charge is 0.303 e. The van der Waals surface area contributed by atoms with Crippen LogP contribution in [0, 0.1) is 37.9 Å². The highest BCUT2D eigenvalue weighted by molar-refractivity contribution is 14.1. The van der Waals surface area contributed by atoms with Gasteiger partial charge in [0.1, 0.15) is 0 Å². The van der Waals surface area contributed by atoms with Crippen molar-refractivity contribution in [3.8, 4) is 0 Å². The number of hydrogen-bond acceptors (Lipinski definition) is 4. The average Bonchev–Trinajstić information content (AvgIpc) is 2.13. The second kappa shape index (κ2) is 5.24. The zero-order valence-electron chi connectivity index (χ0n) is 7.66. The van der Waals surface area contributed by atoms with Gasteiger partial charge in [0.05, 0.1) is 17.0 Å². The summed E-state index contributed by atoms with van der Waals surface area (Å²) in [6, 6.07) is 0. The Bertz CT molecular complexity index is 462. The standard InChI is InChI=1S/C7H3I3N2O4/c1-2-3(8)6(11(13)14)5(10)7(4(2)9)12(15)16/h1H3. The van der Waals surface area contributed by atoms with E-state index in [4.69, 9.17) is 0 Å². The van der Waals surface area contributed by atoms with Gasteiger partial charge in [0, 0.05) is 0 Å². The van der Waals surface area contributed by atoms with Crippen molar-refractivity contribution in [1.82, 2.24) is 0 Å². The van der Waals surface area contributed by atoms with Crippen molar-refractivity contribution in [2.24, 2.45) is 0 Å². The van der Waals surface area contributed by atoms with Crippen LogP contribution in [0.3, 0.4) is 0 Å². The monoisotopic (exact) mass is 560 g/mol. The van der Waals surface area contributed by atoms with Crippen LogP contribution in [0.2, 0.25) is 0 Å². The second-order valence-corrected chi connectivity index (χ2v) is 6.01. The number of hydrogen-bond donors (Lipinski definition) is 0. The van der Waals surface area contributed by atoms with Crippen LogP contribution in [0.25, 0.3) is 0 Å². The normalized spacial score (nSPS) is 10.2. The predicted octanol–water partition coefficient (Wildman–Crippen LogP) is 3.63. The van der Waals surface area contributed by atoms with E-state index in [1.54, 1.807) is 29.5 Å². The molecule has 0 heterocycles. The molecule has 0 aliphatic rings. The maximum atomic E-state index is 10.9. The molecule has 0 aromatic heterocycles. The van der Waals surface area contributed by atoms with Crippen LogP contribution in [0.4, 0.5) is 11.4 Å². The van der Waals surface area contributed by atoms with E-state index in [0.717, 1.165) is 0 Å². The van der Waals surface area contributed by atoms with Crippen LogP contribution in [-0.4, -0.2) is 9.85 Å². The molecule has 0 fully saturated rings. The lowest BCUT2D eigenvalue weighted by Gasteiger charge is -2.06. The van der Waals surface area contributed by atoms with E-state index in [-0.39, 0.29) is 14.9 Å². The van der Waals surface area contributed by atoms with E-state index in [9.17, 15) is 20.2 Å². The molecule has 0 radical (unpaired) electrons. The maximum Gasteiger partial charge on any atom is 0.303 e. The van der Waals surface area contributed by atoms with E-state index in [0.29, 0.717) is 12.7 Å². The van der Waals surface area contributed by atoms with Gasteiger partial charge < -0.3 is 0 Å². The Labute approximate surface area is 131 Å². The van der Waals surface area contributed by atoms with Crippen molar-refractivity contribution >= 4 is 79.1 Å². The highest BCUT2D eigenvalue weighted by Gasteiger charge is 2.31. The number of halogens is 3. The zero-order chi connectivity index (χ0) is 12.6. The first-order valence-corrected chi connectivity index (χ1v) is 6.98. The molecule has 0 amide bonds. The highest BCUT2D eigenvalue weighted by atomic mass is 127. The van der Waals surface area contributed by atoms with Gasteiger partial charge in [-0.05, 0) is 80.3 Å². The summed E-state index contributed by atoms with van der Waals surface area (Å²) in [5, 5.41) is 21.7. The summed E-state index contributed by atoms with van der Waals surface area (Å²) in [6.45, 7) is 1.64. The fourth-order valence-corrected chi connectivity index (χ4v) is 5.03. The molecule has 0 aliphatic heterocycles. The molecule has 0 unspecified atom stereocenters. The summed E-state index contributed by atoms with van der Waals surface area (Å²) in [5.74, 6) is 0. The Morgan fingerprint density at radius 3 is 1.44 bits per heavy atom. The quantitative estimate of drug-likeness (QED) is 0.315. The summed E-state index contributed by atoms with van der Waals surface area (Å²) in [6.07, 6.45) is 0. The SMILES string of the molecule is Cc1c(I)c([N+](=O)[O-])c(I)c([N+](=O)[O-])c1I. The molecule has 0 spiro atoms. The van der Waals surface area contributed by atoms with Gasteiger partial charge in [-0.1, -0.05) is 0 Å². The molecular weight excluding hydrogens is 557 g/mol. The van der Waals surface area contributed by atoms with Crippen molar-refractivity contribution in [3.63, 3.8) is 0 Å². The highest BCUT2D eigenvalue weighted by Crippen LogP contribution is 2.40. The Hall–Kier alpha value is 0.210. The molecule has 0 saturated carbocycles. The minimum Gasteiger partial charge on any atom is -0.258 e. The van der Waals surface area contributed by atoms with Crippen LogP contribution in [0.15, 0.2) is 0 Å². The van der Waals surface area contributed by atoms with E-state index in [1.807, 2.05) is 45.2 Å². The summed E-state index contributed by atoms with van der Waals surface area (Å²) >= 11 is 5.32. The lowest BCUT2D eigenvalue weighted by molar-refractivity contribution is -0.397. The third kappa shape index (κ3) is 2.39. The molecule has 6 nitrogen and oxygen atoms in total. The van der Waals surface area contributed by atoms with Crippen molar-refractivity contribution in [2.45, 2.75) is 6.92 Å². The van der Waals surface area contributed by atoms with Crippen LogP contribution in [0.5, 0.6) is 0 Å². The van der Waals surface area contributed by atoms with Crippen molar-refractivity contribution < 1.29 is 9.85 Å². The van der Waals surface area contributed by atoms with Gasteiger partial charge in [-0.15, -0.1) is 0 Å². The van der Waals surface area contributed by atoms with Crippen LogP contribution >= 0.6 is 67.8 Å². The number of benzene rings is 1. The number of nitro groups is 2. The molecule has 1 rings (SSSR count). The first kappa shape index (κ1) is 14.3. The van der Waals surface area contributed by atoms with Gasteiger partial charge in [0.15, 0.2) is 3.57 Å². The summed E-state index contributed by atoms with van der Waals surface area (Å²) in [5.41, 5.74) is 0.191. The van der Waals surface area contributed by atoms with E-state index in [1.165, 1.54) is 0 Å². The molecule has 9 heteroatoms. The lowest BCUT2D eigenvalue weighted by Crippen LogP contribution is -2.05. The van der Waals surface area contributed by atoms with Gasteiger partial charge in [-0.3, -0.25) is 20.2 Å². The topological polar surface area (TPSA) is 86.3 Å². The average molecular weight is 560 g/mol. The summed E-state index contributed by atoms with van der Waals surface area (Å²) < 4.78 is 0.969. The van der Waals surface area contributed by atoms with E-state index >= 15 is 0 Å². The summed E-state index contributed by atoms with van der Waals surface area (Å²) in [4.78, 5) is 20.5. The van der Waals surface area contributed by atoms with Crippen LogP contribution in [0.1, 0.15) is 5.56 Å². The van der Waals surface area contributed by atoms with Crippen molar-refractivity contribution in [1.29, 1.82) is 0 Å². The van der Waals surface area contributed by atoms with E-state index < -0.39 is 9.85 Å². The van der Waals surface area contributed by atoms with Crippen LogP contribution in [-0.2, 0) is 0 Å². The first-order valence-electron chi connectivity index (χ1n) is 3.74. The molecular formula is C7H3I3N2O4. The van der Waals surface area contributed by atoms with Gasteiger partial charge in [-0.25, -0.2) is 0 Å².